The molecule has 0 radical (unpaired) electrons. The van der Waals surface area contributed by atoms with E-state index in [1.807, 2.05) is 12.1 Å². The molecule has 1 N–H and O–H groups in total. The summed E-state index contributed by atoms with van der Waals surface area (Å²) in [7, 11) is 1.54. The van der Waals surface area contributed by atoms with Gasteiger partial charge in [-0.2, -0.15) is 0 Å². The van der Waals surface area contributed by atoms with E-state index in [4.69, 9.17) is 4.74 Å². The number of ketones is 1. The molecule has 1 unspecified atom stereocenters. The highest BCUT2D eigenvalue weighted by Gasteiger charge is 2.13. The maximum atomic E-state index is 11.1. The number of rotatable bonds is 4. The fourth-order valence-corrected chi connectivity index (χ4v) is 2.23. The van der Waals surface area contributed by atoms with Crippen LogP contribution in [0.5, 0.6) is 11.5 Å². The summed E-state index contributed by atoms with van der Waals surface area (Å²) in [4.78, 5) is 11.1. The molecular formula is C15H18O3. The van der Waals surface area contributed by atoms with Crippen LogP contribution in [-0.2, 0) is 11.2 Å². The van der Waals surface area contributed by atoms with Gasteiger partial charge in [-0.3, -0.25) is 4.79 Å². The molecule has 0 aliphatic heterocycles. The van der Waals surface area contributed by atoms with Crippen molar-refractivity contribution < 1.29 is 14.6 Å². The van der Waals surface area contributed by atoms with Gasteiger partial charge < -0.3 is 9.84 Å². The van der Waals surface area contributed by atoms with Gasteiger partial charge in [0.15, 0.2) is 17.3 Å². The topological polar surface area (TPSA) is 46.5 Å². The second-order valence-corrected chi connectivity index (χ2v) is 4.67. The fraction of sp³-hybridized carbons (Fsp3) is 0.400. The van der Waals surface area contributed by atoms with E-state index < -0.39 is 0 Å². The van der Waals surface area contributed by atoms with Crippen molar-refractivity contribution in [3.63, 3.8) is 0 Å². The van der Waals surface area contributed by atoms with E-state index in [-0.39, 0.29) is 11.5 Å². The summed E-state index contributed by atoms with van der Waals surface area (Å²) in [5, 5.41) is 9.68. The molecule has 1 aromatic rings. The zero-order chi connectivity index (χ0) is 13.0. The number of carbonyl (C=O) groups excluding carboxylic acids is 1. The summed E-state index contributed by atoms with van der Waals surface area (Å²) >= 11 is 0. The Bertz CT molecular complexity index is 463. The van der Waals surface area contributed by atoms with Crippen molar-refractivity contribution in [3.8, 4) is 11.5 Å². The van der Waals surface area contributed by atoms with Crippen LogP contribution in [0.4, 0.5) is 0 Å². The third-order valence-corrected chi connectivity index (χ3v) is 3.36. The molecule has 0 bridgehead atoms. The van der Waals surface area contributed by atoms with E-state index in [9.17, 15) is 9.90 Å². The summed E-state index contributed by atoms with van der Waals surface area (Å²) in [5.74, 6) is 1.39. The van der Waals surface area contributed by atoms with Gasteiger partial charge in [-0.15, -0.1) is 0 Å². The second-order valence-electron chi connectivity index (χ2n) is 4.67. The molecule has 96 valence electrons. The van der Waals surface area contributed by atoms with Crippen LogP contribution in [0.1, 0.15) is 24.8 Å². The highest BCUT2D eigenvalue weighted by Crippen LogP contribution is 2.28. The van der Waals surface area contributed by atoms with E-state index in [0.29, 0.717) is 18.1 Å². The summed E-state index contributed by atoms with van der Waals surface area (Å²) < 4.78 is 5.01. The molecule has 0 aromatic heterocycles. The minimum absolute atomic E-state index is 0.185. The molecule has 18 heavy (non-hydrogen) atoms. The van der Waals surface area contributed by atoms with Gasteiger partial charge in [0.05, 0.1) is 7.11 Å². The number of aromatic hydroxyl groups is 1. The average Bonchev–Trinajstić information content (AvgIpc) is 2.38. The van der Waals surface area contributed by atoms with Crippen molar-refractivity contribution in [2.75, 3.05) is 7.11 Å². The molecule has 0 heterocycles. The van der Waals surface area contributed by atoms with E-state index >= 15 is 0 Å². The summed E-state index contributed by atoms with van der Waals surface area (Å²) in [6.45, 7) is 0. The van der Waals surface area contributed by atoms with Gasteiger partial charge in [-0.05, 0) is 49.0 Å². The molecule has 3 heteroatoms. The SMILES string of the molecule is COc1ccc(CCC2C=CC(=O)CC2)cc1O. The average molecular weight is 246 g/mol. The molecular weight excluding hydrogens is 228 g/mol. The number of hydrogen-bond acceptors (Lipinski definition) is 3. The lowest BCUT2D eigenvalue weighted by atomic mass is 9.90. The fourth-order valence-electron chi connectivity index (χ4n) is 2.23. The number of benzene rings is 1. The first kappa shape index (κ1) is 12.7. The van der Waals surface area contributed by atoms with Crippen molar-refractivity contribution in [2.24, 2.45) is 5.92 Å². The molecule has 0 amide bonds. The maximum absolute atomic E-state index is 11.1. The Morgan fingerprint density at radius 1 is 1.44 bits per heavy atom. The number of ether oxygens (including phenoxy) is 1. The summed E-state index contributed by atoms with van der Waals surface area (Å²) in [5.41, 5.74) is 1.10. The number of hydrogen-bond donors (Lipinski definition) is 1. The number of phenols is 1. The molecule has 1 atom stereocenters. The number of methoxy groups -OCH3 is 1. The second kappa shape index (κ2) is 5.71. The Kier molecular flexibility index (Phi) is 4.03. The first-order valence-corrected chi connectivity index (χ1v) is 6.26. The van der Waals surface area contributed by atoms with Crippen LogP contribution in [0.15, 0.2) is 30.4 Å². The zero-order valence-corrected chi connectivity index (χ0v) is 10.6. The van der Waals surface area contributed by atoms with Crippen molar-refractivity contribution >= 4 is 5.78 Å². The quantitative estimate of drug-likeness (QED) is 0.888. The Labute approximate surface area is 107 Å². The molecule has 2 rings (SSSR count). The third-order valence-electron chi connectivity index (χ3n) is 3.36. The van der Waals surface area contributed by atoms with Gasteiger partial charge >= 0.3 is 0 Å². The minimum Gasteiger partial charge on any atom is -0.504 e. The first-order chi connectivity index (χ1) is 8.69. The molecule has 1 aliphatic carbocycles. The van der Waals surface area contributed by atoms with Gasteiger partial charge in [0.25, 0.3) is 0 Å². The highest BCUT2D eigenvalue weighted by molar-refractivity contribution is 5.90. The Hall–Kier alpha value is -1.77. The van der Waals surface area contributed by atoms with Crippen LogP contribution in [0.3, 0.4) is 0 Å². The summed E-state index contributed by atoms with van der Waals surface area (Å²) in [6, 6.07) is 5.50. The molecule has 3 nitrogen and oxygen atoms in total. The molecule has 1 aromatic carbocycles. The van der Waals surface area contributed by atoms with Crippen LogP contribution in [0, 0.1) is 5.92 Å². The normalized spacial score (nSPS) is 18.9. The Morgan fingerprint density at radius 3 is 2.89 bits per heavy atom. The number of carbonyl (C=O) groups is 1. The van der Waals surface area contributed by atoms with E-state index in [2.05, 4.69) is 0 Å². The molecule has 0 saturated heterocycles. The van der Waals surface area contributed by atoms with Gasteiger partial charge in [-0.25, -0.2) is 0 Å². The Balaban J connectivity index is 1.92. The van der Waals surface area contributed by atoms with Crippen molar-refractivity contribution in [1.82, 2.24) is 0 Å². The lowest BCUT2D eigenvalue weighted by Crippen LogP contribution is -2.08. The number of aryl methyl sites for hydroxylation is 1. The smallest absolute Gasteiger partial charge is 0.160 e. The van der Waals surface area contributed by atoms with Crippen molar-refractivity contribution in [1.29, 1.82) is 0 Å². The van der Waals surface area contributed by atoms with Crippen LogP contribution < -0.4 is 4.74 Å². The summed E-state index contributed by atoms with van der Waals surface area (Å²) in [6.07, 6.45) is 7.22. The monoisotopic (exact) mass is 246 g/mol. The molecule has 0 fully saturated rings. The Morgan fingerprint density at radius 2 is 2.28 bits per heavy atom. The van der Waals surface area contributed by atoms with Gasteiger partial charge in [0.2, 0.25) is 0 Å². The van der Waals surface area contributed by atoms with Gasteiger partial charge in [0, 0.05) is 6.42 Å². The van der Waals surface area contributed by atoms with E-state index in [1.165, 1.54) is 0 Å². The highest BCUT2D eigenvalue weighted by atomic mass is 16.5. The van der Waals surface area contributed by atoms with Crippen LogP contribution in [0.25, 0.3) is 0 Å². The van der Waals surface area contributed by atoms with Crippen molar-refractivity contribution in [3.05, 3.63) is 35.9 Å². The number of allylic oxidation sites excluding steroid dienone is 2. The largest absolute Gasteiger partial charge is 0.504 e. The van der Waals surface area contributed by atoms with Crippen LogP contribution >= 0.6 is 0 Å². The van der Waals surface area contributed by atoms with Gasteiger partial charge in [-0.1, -0.05) is 12.1 Å². The van der Waals surface area contributed by atoms with Crippen LogP contribution in [0.2, 0.25) is 0 Å². The predicted molar refractivity (Wildman–Crippen MR) is 69.9 cm³/mol. The third kappa shape index (κ3) is 3.13. The van der Waals surface area contributed by atoms with E-state index in [1.54, 1.807) is 25.3 Å². The standard InChI is InChI=1S/C15H18O3/c1-18-15-9-6-12(10-14(15)17)3-2-11-4-7-13(16)8-5-11/h4,6-7,9-11,17H,2-3,5,8H2,1H3. The minimum atomic E-state index is 0.185. The lowest BCUT2D eigenvalue weighted by Gasteiger charge is -2.15. The van der Waals surface area contributed by atoms with Gasteiger partial charge in [0.1, 0.15) is 0 Å². The van der Waals surface area contributed by atoms with Crippen LogP contribution in [-0.4, -0.2) is 18.0 Å². The predicted octanol–water partition coefficient (Wildman–Crippen LogP) is 2.87. The lowest BCUT2D eigenvalue weighted by molar-refractivity contribution is -0.115. The zero-order valence-electron chi connectivity index (χ0n) is 10.6. The number of phenolic OH excluding ortho intramolecular Hbond substituents is 1. The molecule has 0 spiro atoms. The maximum Gasteiger partial charge on any atom is 0.160 e. The van der Waals surface area contributed by atoms with Crippen molar-refractivity contribution in [2.45, 2.75) is 25.7 Å². The first-order valence-electron chi connectivity index (χ1n) is 6.26. The van der Waals surface area contributed by atoms with E-state index in [0.717, 1.165) is 24.8 Å². The molecule has 1 aliphatic rings. The molecule has 0 saturated carbocycles.